The molecule has 0 heterocycles. The van der Waals surface area contributed by atoms with Gasteiger partial charge in [-0.3, -0.25) is 0 Å². The highest BCUT2D eigenvalue weighted by Crippen LogP contribution is 2.39. The number of halogens is 1. The highest BCUT2D eigenvalue weighted by molar-refractivity contribution is 9.10. The molecular formula is C18H28BrNO. The number of hydrogen-bond donors (Lipinski definition) is 1. The van der Waals surface area contributed by atoms with Crippen LogP contribution in [-0.2, 0) is 0 Å². The normalized spacial score (nSPS) is 17.7. The first-order valence-electron chi connectivity index (χ1n) is 8.24. The maximum absolute atomic E-state index is 5.67. The van der Waals surface area contributed by atoms with E-state index in [1.165, 1.54) is 54.1 Å². The highest BCUT2D eigenvalue weighted by Gasteiger charge is 2.27. The second-order valence-corrected chi connectivity index (χ2v) is 7.03. The Morgan fingerprint density at radius 3 is 2.62 bits per heavy atom. The van der Waals surface area contributed by atoms with Gasteiger partial charge >= 0.3 is 0 Å². The topological polar surface area (TPSA) is 21.3 Å². The highest BCUT2D eigenvalue weighted by atomic mass is 79.9. The van der Waals surface area contributed by atoms with Gasteiger partial charge in [-0.05, 0) is 56.3 Å². The summed E-state index contributed by atoms with van der Waals surface area (Å²) in [5.41, 5.74) is 2.55. The van der Waals surface area contributed by atoms with Crippen LogP contribution in [-0.4, -0.2) is 13.7 Å². The van der Waals surface area contributed by atoms with Crippen LogP contribution in [0.15, 0.2) is 16.6 Å². The fraction of sp³-hybridized carbons (Fsp3) is 0.667. The smallest absolute Gasteiger partial charge is 0.123 e. The average molecular weight is 354 g/mol. The van der Waals surface area contributed by atoms with Gasteiger partial charge in [-0.1, -0.05) is 42.1 Å². The number of aryl methyl sites for hydroxylation is 1. The second-order valence-electron chi connectivity index (χ2n) is 6.17. The Bertz CT molecular complexity index is 455. The van der Waals surface area contributed by atoms with Crippen LogP contribution in [0, 0.1) is 12.8 Å². The van der Waals surface area contributed by atoms with E-state index in [1.807, 2.05) is 0 Å². The first-order valence-corrected chi connectivity index (χ1v) is 9.04. The molecule has 1 atom stereocenters. The maximum atomic E-state index is 5.67. The quantitative estimate of drug-likeness (QED) is 0.740. The van der Waals surface area contributed by atoms with Crippen molar-refractivity contribution in [3.05, 3.63) is 27.7 Å². The molecule has 1 aromatic rings. The zero-order valence-corrected chi connectivity index (χ0v) is 15.1. The minimum absolute atomic E-state index is 0.414. The molecule has 3 heteroatoms. The zero-order chi connectivity index (χ0) is 15.2. The lowest BCUT2D eigenvalue weighted by Crippen LogP contribution is -2.30. The number of ether oxygens (including phenoxy) is 1. The van der Waals surface area contributed by atoms with E-state index in [-0.39, 0.29) is 0 Å². The van der Waals surface area contributed by atoms with Crippen LogP contribution >= 0.6 is 15.9 Å². The molecule has 0 aromatic heterocycles. The molecule has 0 bridgehead atoms. The van der Waals surface area contributed by atoms with Crippen molar-refractivity contribution in [3.8, 4) is 5.75 Å². The summed E-state index contributed by atoms with van der Waals surface area (Å²) in [6.45, 7) is 5.41. The third-order valence-corrected chi connectivity index (χ3v) is 5.44. The van der Waals surface area contributed by atoms with Crippen molar-refractivity contribution in [3.63, 3.8) is 0 Å². The molecule has 0 amide bonds. The number of rotatable bonds is 6. The molecule has 2 rings (SSSR count). The maximum Gasteiger partial charge on any atom is 0.123 e. The van der Waals surface area contributed by atoms with Crippen molar-refractivity contribution in [1.82, 2.24) is 5.32 Å². The summed E-state index contributed by atoms with van der Waals surface area (Å²) in [6.07, 6.45) is 7.95. The predicted octanol–water partition coefficient (Wildman–Crippen LogP) is 5.39. The summed E-state index contributed by atoms with van der Waals surface area (Å²) >= 11 is 3.69. The van der Waals surface area contributed by atoms with Crippen molar-refractivity contribution < 1.29 is 4.74 Å². The van der Waals surface area contributed by atoms with E-state index in [0.29, 0.717) is 6.04 Å². The van der Waals surface area contributed by atoms with Crippen LogP contribution in [0.1, 0.15) is 62.6 Å². The standard InChI is InChI=1S/C18H28BrNO/c1-4-10-20-18(14-8-6-5-7-9-14)15-12-16(19)13(2)11-17(15)21-3/h11-12,14,18,20H,4-10H2,1-3H3. The van der Waals surface area contributed by atoms with Gasteiger partial charge in [0.2, 0.25) is 0 Å². The Labute approximate surface area is 137 Å². The second kappa shape index (κ2) is 8.19. The Morgan fingerprint density at radius 2 is 2.00 bits per heavy atom. The molecule has 1 aromatic carbocycles. The summed E-state index contributed by atoms with van der Waals surface area (Å²) in [4.78, 5) is 0. The summed E-state index contributed by atoms with van der Waals surface area (Å²) in [7, 11) is 1.78. The van der Waals surface area contributed by atoms with Crippen molar-refractivity contribution in [2.75, 3.05) is 13.7 Å². The van der Waals surface area contributed by atoms with Crippen LogP contribution in [0.5, 0.6) is 5.75 Å². The molecular weight excluding hydrogens is 326 g/mol. The first kappa shape index (κ1) is 16.8. The van der Waals surface area contributed by atoms with E-state index in [1.54, 1.807) is 7.11 Å². The lowest BCUT2D eigenvalue weighted by Gasteiger charge is -2.32. The minimum atomic E-state index is 0.414. The Morgan fingerprint density at radius 1 is 1.29 bits per heavy atom. The molecule has 1 N–H and O–H groups in total. The molecule has 0 aliphatic heterocycles. The number of benzene rings is 1. The molecule has 0 radical (unpaired) electrons. The SMILES string of the molecule is CCCNC(c1cc(Br)c(C)cc1OC)C1CCCCC1. The van der Waals surface area contributed by atoms with E-state index in [0.717, 1.165) is 18.2 Å². The number of hydrogen-bond acceptors (Lipinski definition) is 2. The lowest BCUT2D eigenvalue weighted by atomic mass is 9.80. The minimum Gasteiger partial charge on any atom is -0.496 e. The molecule has 1 aliphatic carbocycles. The van der Waals surface area contributed by atoms with Gasteiger partial charge in [-0.15, -0.1) is 0 Å². The fourth-order valence-corrected chi connectivity index (χ4v) is 3.75. The van der Waals surface area contributed by atoms with Gasteiger partial charge in [0.05, 0.1) is 7.11 Å². The van der Waals surface area contributed by atoms with E-state index >= 15 is 0 Å². The van der Waals surface area contributed by atoms with Gasteiger partial charge in [-0.25, -0.2) is 0 Å². The van der Waals surface area contributed by atoms with Crippen LogP contribution in [0.2, 0.25) is 0 Å². The average Bonchev–Trinajstić information content (AvgIpc) is 2.51. The van der Waals surface area contributed by atoms with Crippen LogP contribution in [0.3, 0.4) is 0 Å². The molecule has 1 saturated carbocycles. The van der Waals surface area contributed by atoms with Gasteiger partial charge in [0.15, 0.2) is 0 Å². The van der Waals surface area contributed by atoms with Crippen molar-refractivity contribution in [2.45, 2.75) is 58.4 Å². The zero-order valence-electron chi connectivity index (χ0n) is 13.5. The third kappa shape index (κ3) is 4.23. The summed E-state index contributed by atoms with van der Waals surface area (Å²) < 4.78 is 6.85. The fourth-order valence-electron chi connectivity index (χ4n) is 3.39. The van der Waals surface area contributed by atoms with E-state index in [2.05, 4.69) is 47.2 Å². The van der Waals surface area contributed by atoms with Crippen LogP contribution in [0.4, 0.5) is 0 Å². The van der Waals surface area contributed by atoms with Crippen LogP contribution in [0.25, 0.3) is 0 Å². The molecule has 21 heavy (non-hydrogen) atoms. The van der Waals surface area contributed by atoms with Gasteiger partial charge < -0.3 is 10.1 Å². The monoisotopic (exact) mass is 353 g/mol. The van der Waals surface area contributed by atoms with Gasteiger partial charge in [0, 0.05) is 16.1 Å². The number of methoxy groups -OCH3 is 1. The van der Waals surface area contributed by atoms with E-state index in [4.69, 9.17) is 4.74 Å². The van der Waals surface area contributed by atoms with Crippen molar-refractivity contribution >= 4 is 15.9 Å². The van der Waals surface area contributed by atoms with Crippen LogP contribution < -0.4 is 10.1 Å². The number of nitrogens with one attached hydrogen (secondary N) is 1. The Balaban J connectivity index is 2.32. The predicted molar refractivity (Wildman–Crippen MR) is 93.0 cm³/mol. The Hall–Kier alpha value is -0.540. The van der Waals surface area contributed by atoms with Gasteiger partial charge in [0.25, 0.3) is 0 Å². The summed E-state index contributed by atoms with van der Waals surface area (Å²) in [5.74, 6) is 1.75. The molecule has 1 fully saturated rings. The molecule has 118 valence electrons. The van der Waals surface area contributed by atoms with Crippen molar-refractivity contribution in [2.24, 2.45) is 5.92 Å². The largest absolute Gasteiger partial charge is 0.496 e. The van der Waals surface area contributed by atoms with Crippen molar-refractivity contribution in [1.29, 1.82) is 0 Å². The van der Waals surface area contributed by atoms with E-state index < -0.39 is 0 Å². The molecule has 2 nitrogen and oxygen atoms in total. The summed E-state index contributed by atoms with van der Waals surface area (Å²) in [6, 6.07) is 4.83. The van der Waals surface area contributed by atoms with Gasteiger partial charge in [0.1, 0.15) is 5.75 Å². The Kier molecular flexibility index (Phi) is 6.56. The molecule has 0 spiro atoms. The van der Waals surface area contributed by atoms with E-state index in [9.17, 15) is 0 Å². The third-order valence-electron chi connectivity index (χ3n) is 4.58. The summed E-state index contributed by atoms with van der Waals surface area (Å²) in [5, 5.41) is 3.78. The van der Waals surface area contributed by atoms with Gasteiger partial charge in [-0.2, -0.15) is 0 Å². The molecule has 1 aliphatic rings. The molecule has 0 saturated heterocycles. The molecule has 1 unspecified atom stereocenters. The lowest BCUT2D eigenvalue weighted by molar-refractivity contribution is 0.266. The first-order chi connectivity index (χ1) is 10.2.